The lowest BCUT2D eigenvalue weighted by molar-refractivity contribution is -0.159. The molecule has 0 spiro atoms. The van der Waals surface area contributed by atoms with Gasteiger partial charge in [-0.1, -0.05) is 17.7 Å². The van der Waals surface area contributed by atoms with E-state index in [0.29, 0.717) is 18.2 Å². The highest BCUT2D eigenvalue weighted by molar-refractivity contribution is 6.30. The van der Waals surface area contributed by atoms with Gasteiger partial charge >= 0.3 is 11.9 Å². The molecule has 1 unspecified atom stereocenters. The van der Waals surface area contributed by atoms with Crippen molar-refractivity contribution in [3.8, 4) is 5.75 Å². The van der Waals surface area contributed by atoms with Crippen LogP contribution in [-0.2, 0) is 20.9 Å². The highest BCUT2D eigenvalue weighted by Crippen LogP contribution is 2.20. The van der Waals surface area contributed by atoms with Gasteiger partial charge in [-0.3, -0.25) is 4.90 Å². The van der Waals surface area contributed by atoms with E-state index in [1.165, 1.54) is 10.9 Å². The van der Waals surface area contributed by atoms with Crippen molar-refractivity contribution in [3.63, 3.8) is 0 Å². The van der Waals surface area contributed by atoms with E-state index in [-0.39, 0.29) is 6.10 Å². The van der Waals surface area contributed by atoms with Crippen molar-refractivity contribution in [2.45, 2.75) is 12.6 Å². The van der Waals surface area contributed by atoms with Crippen molar-refractivity contribution < 1.29 is 29.3 Å². The molecule has 0 saturated carbocycles. The number of ether oxygens (including phenoxy) is 2. The fourth-order valence-corrected chi connectivity index (χ4v) is 3.35. The molecule has 0 aliphatic carbocycles. The third-order valence-corrected chi connectivity index (χ3v) is 4.82. The molecule has 0 radical (unpaired) electrons. The summed E-state index contributed by atoms with van der Waals surface area (Å²) in [6.45, 7) is 3.88. The van der Waals surface area contributed by atoms with Crippen molar-refractivity contribution >= 4 is 34.6 Å². The van der Waals surface area contributed by atoms with Crippen LogP contribution in [0.25, 0.3) is 11.0 Å². The normalized spacial score (nSPS) is 16.4. The van der Waals surface area contributed by atoms with E-state index in [4.69, 9.17) is 40.9 Å². The van der Waals surface area contributed by atoms with Crippen LogP contribution < -0.4 is 4.74 Å². The van der Waals surface area contributed by atoms with Gasteiger partial charge in [0.1, 0.15) is 24.1 Å². The molecule has 2 aromatic heterocycles. The fraction of sp³-hybridized carbons (Fsp3) is 0.286. The van der Waals surface area contributed by atoms with Gasteiger partial charge in [0.15, 0.2) is 0 Å². The Morgan fingerprint density at radius 2 is 2.06 bits per heavy atom. The molecule has 0 amide bonds. The van der Waals surface area contributed by atoms with Crippen molar-refractivity contribution in [2.75, 3.05) is 26.3 Å². The molecule has 9 nitrogen and oxygen atoms in total. The molecule has 31 heavy (non-hydrogen) atoms. The molecule has 3 N–H and O–H groups in total. The lowest BCUT2D eigenvalue weighted by Gasteiger charge is -2.32. The van der Waals surface area contributed by atoms with Crippen molar-refractivity contribution in [2.24, 2.45) is 0 Å². The monoisotopic (exact) mass is 447 g/mol. The largest absolute Gasteiger partial charge is 0.491 e. The van der Waals surface area contributed by atoms with Gasteiger partial charge in [-0.05, 0) is 35.9 Å². The molecule has 4 rings (SSSR count). The molecule has 1 atom stereocenters. The predicted octanol–water partition coefficient (Wildman–Crippen LogP) is 2.65. The number of H-pyrrole nitrogens is 1. The van der Waals surface area contributed by atoms with Gasteiger partial charge in [0.05, 0.1) is 6.61 Å². The predicted molar refractivity (Wildman–Crippen MR) is 113 cm³/mol. The van der Waals surface area contributed by atoms with Gasteiger partial charge in [-0.15, -0.1) is 0 Å². The van der Waals surface area contributed by atoms with Crippen molar-refractivity contribution in [1.82, 2.24) is 14.9 Å². The summed E-state index contributed by atoms with van der Waals surface area (Å²) in [5, 5.41) is 16.6. The lowest BCUT2D eigenvalue weighted by atomic mass is 10.1. The van der Waals surface area contributed by atoms with E-state index in [1.54, 1.807) is 0 Å². The fourth-order valence-electron chi connectivity index (χ4n) is 3.17. The first kappa shape index (κ1) is 22.5. The highest BCUT2D eigenvalue weighted by Gasteiger charge is 2.22. The summed E-state index contributed by atoms with van der Waals surface area (Å²) in [4.78, 5) is 28.1. The Hall–Kier alpha value is -3.14. The second-order valence-corrected chi connectivity index (χ2v) is 7.25. The van der Waals surface area contributed by atoms with Crippen LogP contribution in [0.4, 0.5) is 0 Å². The zero-order valence-corrected chi connectivity index (χ0v) is 17.3. The number of hydrogen-bond donors (Lipinski definition) is 3. The molecule has 3 heterocycles. The summed E-state index contributed by atoms with van der Waals surface area (Å²) in [6.07, 6.45) is 3.84. The summed E-state index contributed by atoms with van der Waals surface area (Å²) in [6, 6.07) is 11.6. The molecular formula is C21H22ClN3O6. The minimum absolute atomic E-state index is 0.0521. The van der Waals surface area contributed by atoms with E-state index < -0.39 is 11.9 Å². The van der Waals surface area contributed by atoms with Crippen LogP contribution in [-0.4, -0.2) is 69.4 Å². The zero-order chi connectivity index (χ0) is 22.2. The summed E-state index contributed by atoms with van der Waals surface area (Å²) in [5.41, 5.74) is 2.22. The number of nitrogens with zero attached hydrogens (tertiary/aromatic N) is 2. The Bertz CT molecular complexity index is 1030. The number of morpholine rings is 1. The number of rotatable bonds is 5. The number of halogens is 1. The molecular weight excluding hydrogens is 426 g/mol. The average molecular weight is 448 g/mol. The molecule has 10 heteroatoms. The maximum atomic E-state index is 9.10. The van der Waals surface area contributed by atoms with E-state index >= 15 is 0 Å². The van der Waals surface area contributed by atoms with Gasteiger partial charge in [-0.25, -0.2) is 14.6 Å². The smallest absolute Gasteiger partial charge is 0.414 e. The standard InChI is InChI=1S/C19H20ClN3O2.C2H2O4/c20-15-2-1-3-16(10-15)25-13-17-12-23(8-9-24-17)11-14-4-6-21-19-18(14)5-7-22-19;3-1(4)2(5)6/h1-7,10,17H,8-9,11-13H2,(H,21,22);(H,3,4)(H,5,6). The van der Waals surface area contributed by atoms with Crippen LogP contribution >= 0.6 is 11.6 Å². The van der Waals surface area contributed by atoms with Gasteiger partial charge in [0.2, 0.25) is 0 Å². The molecule has 3 aromatic rings. The number of nitrogens with one attached hydrogen (secondary N) is 1. The lowest BCUT2D eigenvalue weighted by Crippen LogP contribution is -2.44. The second kappa shape index (κ2) is 10.8. The third kappa shape index (κ3) is 6.68. The number of hydrogen-bond acceptors (Lipinski definition) is 6. The van der Waals surface area contributed by atoms with E-state index in [0.717, 1.165) is 31.0 Å². The maximum Gasteiger partial charge on any atom is 0.414 e. The number of carboxylic acid groups (broad SMARTS) is 2. The molecule has 1 aromatic carbocycles. The van der Waals surface area contributed by atoms with Crippen LogP contribution in [0.1, 0.15) is 5.56 Å². The highest BCUT2D eigenvalue weighted by atomic mass is 35.5. The quantitative estimate of drug-likeness (QED) is 0.510. The minimum atomic E-state index is -1.82. The first-order valence-corrected chi connectivity index (χ1v) is 9.89. The Balaban J connectivity index is 0.000000401. The summed E-state index contributed by atoms with van der Waals surface area (Å²) < 4.78 is 11.7. The average Bonchev–Trinajstić information content (AvgIpc) is 3.23. The number of fused-ring (bicyclic) bond motifs is 1. The Morgan fingerprint density at radius 3 is 2.81 bits per heavy atom. The first-order chi connectivity index (χ1) is 14.9. The minimum Gasteiger partial charge on any atom is -0.491 e. The van der Waals surface area contributed by atoms with Crippen molar-refractivity contribution in [3.05, 3.63) is 59.4 Å². The number of benzene rings is 1. The topological polar surface area (TPSA) is 125 Å². The van der Waals surface area contributed by atoms with E-state index in [1.807, 2.05) is 36.7 Å². The number of pyridine rings is 1. The third-order valence-electron chi connectivity index (χ3n) is 4.58. The molecule has 0 bridgehead atoms. The zero-order valence-electron chi connectivity index (χ0n) is 16.5. The molecule has 1 aliphatic heterocycles. The summed E-state index contributed by atoms with van der Waals surface area (Å²) >= 11 is 5.99. The molecule has 164 valence electrons. The molecule has 1 aliphatic rings. The van der Waals surface area contributed by atoms with Gasteiger partial charge in [-0.2, -0.15) is 0 Å². The van der Waals surface area contributed by atoms with Crippen LogP contribution in [0, 0.1) is 0 Å². The molecule has 1 fully saturated rings. The van der Waals surface area contributed by atoms with Gasteiger partial charge in [0.25, 0.3) is 0 Å². The van der Waals surface area contributed by atoms with Crippen LogP contribution in [0.3, 0.4) is 0 Å². The Labute approximate surface area is 183 Å². The van der Waals surface area contributed by atoms with Crippen LogP contribution in [0.15, 0.2) is 48.8 Å². The second-order valence-electron chi connectivity index (χ2n) is 6.82. The maximum absolute atomic E-state index is 9.10. The number of carbonyl (C=O) groups is 2. The Kier molecular flexibility index (Phi) is 7.82. The first-order valence-electron chi connectivity index (χ1n) is 9.52. The Morgan fingerprint density at radius 1 is 1.26 bits per heavy atom. The summed E-state index contributed by atoms with van der Waals surface area (Å²) in [7, 11) is 0. The number of aliphatic carboxylic acids is 2. The van der Waals surface area contributed by atoms with Crippen LogP contribution in [0.5, 0.6) is 5.75 Å². The van der Waals surface area contributed by atoms with Gasteiger partial charge < -0.3 is 24.7 Å². The van der Waals surface area contributed by atoms with Crippen molar-refractivity contribution in [1.29, 1.82) is 0 Å². The SMILES string of the molecule is Clc1cccc(OCC2CN(Cc3ccnc4[nH]ccc34)CCO2)c1.O=C(O)C(=O)O. The molecule has 1 saturated heterocycles. The van der Waals surface area contributed by atoms with Crippen LogP contribution in [0.2, 0.25) is 5.02 Å². The van der Waals surface area contributed by atoms with E-state index in [2.05, 4.69) is 27.0 Å². The summed E-state index contributed by atoms with van der Waals surface area (Å²) in [5.74, 6) is -2.87. The van der Waals surface area contributed by atoms with E-state index in [9.17, 15) is 0 Å². The van der Waals surface area contributed by atoms with Gasteiger partial charge in [0, 0.05) is 42.4 Å². The number of carboxylic acids is 2. The number of aromatic nitrogens is 2. The number of aromatic amines is 1.